The Balaban J connectivity index is 1.22. The Bertz CT molecular complexity index is 1920. The predicted octanol–water partition coefficient (Wildman–Crippen LogP) is 8.19. The lowest BCUT2D eigenvalue weighted by Crippen LogP contribution is -2.54. The van der Waals surface area contributed by atoms with Crippen molar-refractivity contribution in [2.75, 3.05) is 4.90 Å². The van der Waals surface area contributed by atoms with Crippen molar-refractivity contribution in [1.29, 1.82) is 0 Å². The van der Waals surface area contributed by atoms with Gasteiger partial charge in [0, 0.05) is 14.5 Å². The number of fused-ring (bicyclic) bond motifs is 1. The zero-order valence-electron chi connectivity index (χ0n) is 23.1. The summed E-state index contributed by atoms with van der Waals surface area (Å²) in [4.78, 5) is 40.2. The van der Waals surface area contributed by atoms with Crippen LogP contribution in [0.1, 0.15) is 16.7 Å². The number of anilines is 1. The Hall–Kier alpha value is -4.73. The fourth-order valence-corrected chi connectivity index (χ4v) is 5.47. The molecule has 1 aliphatic heterocycles. The smallest absolute Gasteiger partial charge is 0.335 e. The first kappa shape index (κ1) is 29.3. The number of ether oxygens (including phenoxy) is 2. The van der Waals surface area contributed by atoms with Gasteiger partial charge in [-0.25, -0.2) is 9.69 Å². The predicted molar refractivity (Wildman–Crippen MR) is 176 cm³/mol. The first-order valence-electron chi connectivity index (χ1n) is 13.6. The second-order valence-electron chi connectivity index (χ2n) is 9.98. The molecule has 0 spiro atoms. The van der Waals surface area contributed by atoms with E-state index in [1.54, 1.807) is 36.4 Å². The van der Waals surface area contributed by atoms with Crippen LogP contribution in [0.3, 0.4) is 0 Å². The van der Waals surface area contributed by atoms with E-state index < -0.39 is 17.8 Å². The number of rotatable bonds is 8. The molecular weight excluding hydrogens is 688 g/mol. The molecule has 7 nitrogen and oxygen atoms in total. The minimum atomic E-state index is -0.831. The Morgan fingerprint density at radius 3 is 2.25 bits per heavy atom. The van der Waals surface area contributed by atoms with Gasteiger partial charge in [0.2, 0.25) is 0 Å². The Kier molecular flexibility index (Phi) is 8.58. The van der Waals surface area contributed by atoms with Crippen LogP contribution < -0.4 is 19.7 Å². The maximum atomic E-state index is 13.6. The van der Waals surface area contributed by atoms with E-state index in [2.05, 4.69) is 37.2 Å². The fraction of sp³-hybridized carbons (Fsp3) is 0.0571. The van der Waals surface area contributed by atoms with Crippen molar-refractivity contribution in [3.8, 4) is 11.5 Å². The highest BCUT2D eigenvalue weighted by molar-refractivity contribution is 9.10. The van der Waals surface area contributed by atoms with E-state index in [0.717, 1.165) is 35.7 Å². The number of benzene rings is 5. The summed E-state index contributed by atoms with van der Waals surface area (Å²) in [7, 11) is 0. The van der Waals surface area contributed by atoms with E-state index >= 15 is 0 Å². The Morgan fingerprint density at radius 1 is 0.727 bits per heavy atom. The third-order valence-corrected chi connectivity index (χ3v) is 8.07. The van der Waals surface area contributed by atoms with Crippen molar-refractivity contribution in [3.63, 3.8) is 0 Å². The molecule has 1 aliphatic rings. The van der Waals surface area contributed by atoms with E-state index in [4.69, 9.17) is 9.47 Å². The molecule has 6 rings (SSSR count). The SMILES string of the molecule is O=C1NC(=O)N(c2ccc(OCc3ccc(Br)cc3)cc2)C(=O)/C1=C/c1cc(Br)ccc1OCc1cccc2ccccc12. The lowest BCUT2D eigenvalue weighted by atomic mass is 10.0. The summed E-state index contributed by atoms with van der Waals surface area (Å²) in [6.07, 6.45) is 1.44. The van der Waals surface area contributed by atoms with Gasteiger partial charge < -0.3 is 9.47 Å². The molecule has 0 aliphatic carbocycles. The van der Waals surface area contributed by atoms with Gasteiger partial charge in [-0.1, -0.05) is 86.5 Å². The Morgan fingerprint density at radius 2 is 1.45 bits per heavy atom. The molecule has 0 radical (unpaired) electrons. The first-order chi connectivity index (χ1) is 21.4. The zero-order valence-corrected chi connectivity index (χ0v) is 26.3. The van der Waals surface area contributed by atoms with Crippen molar-refractivity contribution in [1.82, 2.24) is 5.32 Å². The molecule has 1 heterocycles. The lowest BCUT2D eigenvalue weighted by molar-refractivity contribution is -0.122. The third kappa shape index (κ3) is 6.44. The van der Waals surface area contributed by atoms with Crippen LogP contribution in [0.15, 0.2) is 124 Å². The van der Waals surface area contributed by atoms with Gasteiger partial charge in [0.25, 0.3) is 11.8 Å². The minimum Gasteiger partial charge on any atom is -0.489 e. The topological polar surface area (TPSA) is 84.9 Å². The van der Waals surface area contributed by atoms with Gasteiger partial charge in [-0.2, -0.15) is 0 Å². The summed E-state index contributed by atoms with van der Waals surface area (Å²) in [6.45, 7) is 0.634. The van der Waals surface area contributed by atoms with Crippen molar-refractivity contribution in [2.45, 2.75) is 13.2 Å². The number of nitrogens with one attached hydrogen (secondary N) is 1. The van der Waals surface area contributed by atoms with Gasteiger partial charge in [-0.15, -0.1) is 0 Å². The maximum absolute atomic E-state index is 13.6. The minimum absolute atomic E-state index is 0.201. The van der Waals surface area contributed by atoms with E-state index in [1.807, 2.05) is 72.8 Å². The Labute approximate surface area is 270 Å². The molecule has 0 atom stereocenters. The monoisotopic (exact) mass is 710 g/mol. The molecular formula is C35H24Br2N2O5. The van der Waals surface area contributed by atoms with Gasteiger partial charge in [0.05, 0.1) is 5.69 Å². The number of barbiturate groups is 1. The average Bonchev–Trinajstić information content (AvgIpc) is 3.03. The zero-order chi connectivity index (χ0) is 30.6. The quantitative estimate of drug-likeness (QED) is 0.130. The van der Waals surface area contributed by atoms with Crippen LogP contribution in [-0.4, -0.2) is 17.8 Å². The number of carbonyl (C=O) groups is 3. The molecule has 1 N–H and O–H groups in total. The molecule has 0 unspecified atom stereocenters. The van der Waals surface area contributed by atoms with Crippen LogP contribution in [-0.2, 0) is 22.8 Å². The average molecular weight is 712 g/mol. The first-order valence-corrected chi connectivity index (χ1v) is 15.2. The van der Waals surface area contributed by atoms with Crippen LogP contribution in [0.25, 0.3) is 16.8 Å². The molecule has 0 saturated carbocycles. The number of hydrogen-bond donors (Lipinski definition) is 1. The van der Waals surface area contributed by atoms with Gasteiger partial charge in [0.1, 0.15) is 30.3 Å². The van der Waals surface area contributed by atoms with Crippen LogP contribution in [0, 0.1) is 0 Å². The standard InChI is InChI=1S/C35H24Br2N2O5/c36-26-10-8-22(9-11-26)20-43-29-15-13-28(14-16-29)39-34(41)31(33(40)38-35(39)42)19-25-18-27(37)12-17-32(25)44-21-24-6-3-5-23-4-1-2-7-30(23)24/h1-19H,20-21H2,(H,38,40,42)/b31-19+. The van der Waals surface area contributed by atoms with E-state index in [-0.39, 0.29) is 12.2 Å². The van der Waals surface area contributed by atoms with Gasteiger partial charge >= 0.3 is 6.03 Å². The molecule has 1 fully saturated rings. The summed E-state index contributed by atoms with van der Waals surface area (Å²) in [5.41, 5.74) is 2.59. The molecule has 9 heteroatoms. The maximum Gasteiger partial charge on any atom is 0.335 e. The molecule has 0 bridgehead atoms. The molecule has 0 aromatic heterocycles. The lowest BCUT2D eigenvalue weighted by Gasteiger charge is -2.26. The molecule has 5 aromatic carbocycles. The van der Waals surface area contributed by atoms with E-state index in [0.29, 0.717) is 29.4 Å². The molecule has 4 amide bonds. The highest BCUT2D eigenvalue weighted by Gasteiger charge is 2.37. The largest absolute Gasteiger partial charge is 0.489 e. The highest BCUT2D eigenvalue weighted by Crippen LogP contribution is 2.30. The third-order valence-electron chi connectivity index (χ3n) is 7.05. The second-order valence-corrected chi connectivity index (χ2v) is 11.8. The number of carbonyl (C=O) groups excluding carboxylic acids is 3. The number of imide groups is 2. The molecule has 218 valence electrons. The van der Waals surface area contributed by atoms with Crippen LogP contribution in [0.5, 0.6) is 11.5 Å². The van der Waals surface area contributed by atoms with Crippen molar-refractivity contribution >= 4 is 72.2 Å². The molecule has 1 saturated heterocycles. The summed E-state index contributed by atoms with van der Waals surface area (Å²) < 4.78 is 13.8. The number of amides is 4. The molecule has 5 aromatic rings. The van der Waals surface area contributed by atoms with Crippen LogP contribution in [0.2, 0.25) is 0 Å². The van der Waals surface area contributed by atoms with Crippen molar-refractivity contribution in [2.24, 2.45) is 0 Å². The van der Waals surface area contributed by atoms with Gasteiger partial charge in [0.15, 0.2) is 0 Å². The summed E-state index contributed by atoms with van der Waals surface area (Å²) in [6, 6.07) is 32.9. The number of nitrogens with zero attached hydrogens (tertiary/aromatic N) is 1. The number of halogens is 2. The summed E-state index contributed by atoms with van der Waals surface area (Å²) >= 11 is 6.88. The fourth-order valence-electron chi connectivity index (χ4n) is 4.82. The van der Waals surface area contributed by atoms with Crippen molar-refractivity contribution in [3.05, 3.63) is 140 Å². The molecule has 44 heavy (non-hydrogen) atoms. The number of urea groups is 1. The van der Waals surface area contributed by atoms with Crippen molar-refractivity contribution < 1.29 is 23.9 Å². The van der Waals surface area contributed by atoms with Gasteiger partial charge in [-0.3, -0.25) is 14.9 Å². The highest BCUT2D eigenvalue weighted by atomic mass is 79.9. The summed E-state index contributed by atoms with van der Waals surface area (Å²) in [5, 5.41) is 4.46. The second kappa shape index (κ2) is 12.9. The number of hydrogen-bond acceptors (Lipinski definition) is 5. The summed E-state index contributed by atoms with van der Waals surface area (Å²) in [5.74, 6) is -0.492. The van der Waals surface area contributed by atoms with E-state index in [1.165, 1.54) is 6.08 Å². The van der Waals surface area contributed by atoms with E-state index in [9.17, 15) is 14.4 Å². The van der Waals surface area contributed by atoms with Gasteiger partial charge in [-0.05, 0) is 82.6 Å². The van der Waals surface area contributed by atoms with Crippen LogP contribution in [0.4, 0.5) is 10.5 Å². The van der Waals surface area contributed by atoms with Crippen LogP contribution >= 0.6 is 31.9 Å². The normalized spacial score (nSPS) is 14.2.